The van der Waals surface area contributed by atoms with E-state index in [-0.39, 0.29) is 11.2 Å². The van der Waals surface area contributed by atoms with Gasteiger partial charge in [-0.05, 0) is 63.1 Å². The molecule has 0 fully saturated rings. The van der Waals surface area contributed by atoms with Gasteiger partial charge in [-0.2, -0.15) is 0 Å². The van der Waals surface area contributed by atoms with Crippen LogP contribution in [-0.4, -0.2) is 17.8 Å². The largest absolute Gasteiger partial charge is 0.492 e. The minimum atomic E-state index is -0.188. The summed E-state index contributed by atoms with van der Waals surface area (Å²) < 4.78 is 5.54. The molecular weight excluding hydrogens is 306 g/mol. The van der Waals surface area contributed by atoms with Crippen molar-refractivity contribution in [2.45, 2.75) is 37.8 Å². The molecule has 23 heavy (non-hydrogen) atoms. The maximum Gasteiger partial charge on any atom is 0.237 e. The molecule has 0 heterocycles. The monoisotopic (exact) mass is 329 g/mol. The zero-order valence-corrected chi connectivity index (χ0v) is 14.9. The molecule has 0 saturated carbocycles. The Balaban J connectivity index is 2.04. The Morgan fingerprint density at radius 1 is 1.17 bits per heavy atom. The van der Waals surface area contributed by atoms with Gasteiger partial charge in [0, 0.05) is 4.90 Å². The predicted molar refractivity (Wildman–Crippen MR) is 97.5 cm³/mol. The number of amides is 1. The van der Waals surface area contributed by atoms with Crippen LogP contribution in [0.1, 0.15) is 25.0 Å². The molecule has 0 unspecified atom stereocenters. The van der Waals surface area contributed by atoms with Crippen molar-refractivity contribution < 1.29 is 9.53 Å². The van der Waals surface area contributed by atoms with Gasteiger partial charge in [0.2, 0.25) is 5.91 Å². The third-order valence-corrected chi connectivity index (χ3v) is 4.70. The van der Waals surface area contributed by atoms with Crippen molar-refractivity contribution in [3.63, 3.8) is 0 Å². The van der Waals surface area contributed by atoms with E-state index in [0.29, 0.717) is 18.0 Å². The van der Waals surface area contributed by atoms with Crippen LogP contribution in [0.3, 0.4) is 0 Å². The Hall–Kier alpha value is -1.94. The van der Waals surface area contributed by atoms with Gasteiger partial charge in [0.05, 0.1) is 17.5 Å². The number of carbonyl (C=O) groups is 1. The second-order valence-electron chi connectivity index (χ2n) is 5.42. The van der Waals surface area contributed by atoms with Gasteiger partial charge in [-0.3, -0.25) is 4.79 Å². The summed E-state index contributed by atoms with van der Waals surface area (Å²) in [5, 5.41) is 2.77. The molecule has 0 radical (unpaired) electrons. The predicted octanol–water partition coefficient (Wildman–Crippen LogP) is 4.82. The third-order valence-electron chi connectivity index (χ3n) is 3.61. The van der Waals surface area contributed by atoms with Gasteiger partial charge < -0.3 is 10.1 Å². The highest BCUT2D eigenvalue weighted by Crippen LogP contribution is 2.28. The quantitative estimate of drug-likeness (QED) is 0.772. The molecule has 4 heteroatoms. The molecule has 1 N–H and O–H groups in total. The minimum absolute atomic E-state index is 0.0274. The molecule has 0 bridgehead atoms. The van der Waals surface area contributed by atoms with E-state index in [1.165, 1.54) is 11.1 Å². The SMILES string of the molecule is CCOc1ccccc1NC(=O)[C@@H](C)Sc1ccc(C)c(C)c1. The fourth-order valence-corrected chi connectivity index (χ4v) is 3.10. The lowest BCUT2D eigenvalue weighted by molar-refractivity contribution is -0.115. The lowest BCUT2D eigenvalue weighted by atomic mass is 10.1. The van der Waals surface area contributed by atoms with Crippen LogP contribution in [0.15, 0.2) is 47.4 Å². The lowest BCUT2D eigenvalue weighted by Gasteiger charge is -2.15. The summed E-state index contributed by atoms with van der Waals surface area (Å²) in [5.41, 5.74) is 3.22. The first-order valence-corrected chi connectivity index (χ1v) is 8.65. The Morgan fingerprint density at radius 2 is 1.91 bits per heavy atom. The van der Waals surface area contributed by atoms with E-state index in [1.807, 2.05) is 38.1 Å². The van der Waals surface area contributed by atoms with Crippen LogP contribution < -0.4 is 10.1 Å². The number of aryl methyl sites for hydroxylation is 2. The van der Waals surface area contributed by atoms with Gasteiger partial charge in [0.15, 0.2) is 0 Å². The summed E-state index contributed by atoms with van der Waals surface area (Å²) in [4.78, 5) is 13.5. The average Bonchev–Trinajstić information content (AvgIpc) is 2.53. The normalized spacial score (nSPS) is 11.8. The fourth-order valence-electron chi connectivity index (χ4n) is 2.13. The molecule has 2 aromatic rings. The van der Waals surface area contributed by atoms with Crippen LogP contribution in [0.5, 0.6) is 5.75 Å². The van der Waals surface area contributed by atoms with E-state index in [2.05, 4.69) is 37.4 Å². The number of thioether (sulfide) groups is 1. The fraction of sp³-hybridized carbons (Fsp3) is 0.316. The van der Waals surface area contributed by atoms with Gasteiger partial charge in [-0.1, -0.05) is 18.2 Å². The van der Waals surface area contributed by atoms with Crippen LogP contribution in [0.4, 0.5) is 5.69 Å². The maximum atomic E-state index is 12.4. The number of rotatable bonds is 6. The number of carbonyl (C=O) groups excluding carboxylic acids is 1. The zero-order chi connectivity index (χ0) is 16.8. The van der Waals surface area contributed by atoms with Crippen molar-refractivity contribution in [1.29, 1.82) is 0 Å². The molecule has 0 aliphatic carbocycles. The van der Waals surface area contributed by atoms with E-state index < -0.39 is 0 Å². The summed E-state index contributed by atoms with van der Waals surface area (Å²) in [7, 11) is 0. The van der Waals surface area contributed by atoms with Crippen molar-refractivity contribution in [2.75, 3.05) is 11.9 Å². The van der Waals surface area contributed by atoms with Gasteiger partial charge >= 0.3 is 0 Å². The molecule has 0 aliphatic rings. The Kier molecular flexibility index (Phi) is 6.11. The highest BCUT2D eigenvalue weighted by molar-refractivity contribution is 8.00. The molecule has 0 aliphatic heterocycles. The minimum Gasteiger partial charge on any atom is -0.492 e. The van der Waals surface area contributed by atoms with E-state index >= 15 is 0 Å². The first-order valence-electron chi connectivity index (χ1n) is 7.78. The van der Waals surface area contributed by atoms with Gasteiger partial charge in [0.1, 0.15) is 5.75 Å². The van der Waals surface area contributed by atoms with Gasteiger partial charge in [-0.15, -0.1) is 11.8 Å². The van der Waals surface area contributed by atoms with Crippen LogP contribution in [0, 0.1) is 13.8 Å². The maximum absolute atomic E-state index is 12.4. The first kappa shape index (κ1) is 17.4. The summed E-state index contributed by atoms with van der Waals surface area (Å²) >= 11 is 1.56. The molecule has 0 spiro atoms. The third kappa shape index (κ3) is 4.76. The topological polar surface area (TPSA) is 38.3 Å². The number of nitrogens with one attached hydrogen (secondary N) is 1. The van der Waals surface area contributed by atoms with Crippen molar-refractivity contribution in [2.24, 2.45) is 0 Å². The number of para-hydroxylation sites is 2. The highest BCUT2D eigenvalue weighted by atomic mass is 32.2. The number of ether oxygens (including phenoxy) is 1. The van der Waals surface area contributed by atoms with E-state index in [9.17, 15) is 4.79 Å². The Labute approximate surface area is 142 Å². The van der Waals surface area contributed by atoms with Gasteiger partial charge in [0.25, 0.3) is 0 Å². The van der Waals surface area contributed by atoms with E-state index in [4.69, 9.17) is 4.74 Å². The lowest BCUT2D eigenvalue weighted by Crippen LogP contribution is -2.22. The molecular formula is C19H23NO2S. The zero-order valence-electron chi connectivity index (χ0n) is 14.1. The molecule has 2 rings (SSSR count). The standard InChI is InChI=1S/C19H23NO2S/c1-5-22-18-9-7-6-8-17(18)20-19(21)15(4)23-16-11-10-13(2)14(3)12-16/h6-12,15H,5H2,1-4H3,(H,20,21)/t15-/m1/s1. The molecule has 0 aromatic heterocycles. The summed E-state index contributed by atoms with van der Waals surface area (Å²) in [6, 6.07) is 13.8. The molecule has 0 saturated heterocycles. The molecule has 122 valence electrons. The molecule has 1 atom stereocenters. The summed E-state index contributed by atoms with van der Waals surface area (Å²) in [5.74, 6) is 0.673. The second kappa shape index (κ2) is 8.06. The average molecular weight is 329 g/mol. The van der Waals surface area contributed by atoms with Crippen LogP contribution in [0.2, 0.25) is 0 Å². The summed E-state index contributed by atoms with van der Waals surface area (Å²) in [6.45, 7) is 8.59. The number of hydrogen-bond acceptors (Lipinski definition) is 3. The molecule has 3 nitrogen and oxygen atoms in total. The van der Waals surface area contributed by atoms with Crippen molar-refractivity contribution in [3.8, 4) is 5.75 Å². The van der Waals surface area contributed by atoms with Crippen molar-refractivity contribution in [1.82, 2.24) is 0 Å². The molecule has 1 amide bonds. The number of anilines is 1. The van der Waals surface area contributed by atoms with Crippen LogP contribution in [-0.2, 0) is 4.79 Å². The van der Waals surface area contributed by atoms with E-state index in [1.54, 1.807) is 11.8 Å². The number of benzene rings is 2. The second-order valence-corrected chi connectivity index (χ2v) is 6.84. The van der Waals surface area contributed by atoms with Crippen LogP contribution in [0.25, 0.3) is 0 Å². The smallest absolute Gasteiger partial charge is 0.237 e. The highest BCUT2D eigenvalue weighted by Gasteiger charge is 2.16. The Bertz CT molecular complexity index is 685. The molecule has 2 aromatic carbocycles. The summed E-state index contributed by atoms with van der Waals surface area (Å²) in [6.07, 6.45) is 0. The first-order chi connectivity index (χ1) is 11.0. The number of hydrogen-bond donors (Lipinski definition) is 1. The van der Waals surface area contributed by atoms with Crippen LogP contribution >= 0.6 is 11.8 Å². The van der Waals surface area contributed by atoms with Crippen molar-refractivity contribution in [3.05, 3.63) is 53.6 Å². The Morgan fingerprint density at radius 3 is 2.61 bits per heavy atom. The van der Waals surface area contributed by atoms with Gasteiger partial charge in [-0.25, -0.2) is 0 Å². The van der Waals surface area contributed by atoms with E-state index in [0.717, 1.165) is 4.90 Å². The van der Waals surface area contributed by atoms with Crippen molar-refractivity contribution >= 4 is 23.4 Å².